The van der Waals surface area contributed by atoms with Crippen LogP contribution in [0, 0.1) is 5.82 Å². The van der Waals surface area contributed by atoms with Crippen molar-refractivity contribution in [1.29, 1.82) is 0 Å². The van der Waals surface area contributed by atoms with E-state index >= 15 is 0 Å². The summed E-state index contributed by atoms with van der Waals surface area (Å²) in [4.78, 5) is 12.0. The highest BCUT2D eigenvalue weighted by atomic mass is 79.9. The fraction of sp³-hybridized carbons (Fsp3) is 0.133. The second kappa shape index (κ2) is 5.91. The van der Waals surface area contributed by atoms with Gasteiger partial charge in [-0.1, -0.05) is 42.5 Å². The van der Waals surface area contributed by atoms with Crippen molar-refractivity contribution >= 4 is 21.7 Å². The Balaban J connectivity index is 2.07. The van der Waals surface area contributed by atoms with Crippen LogP contribution in [0.4, 0.5) is 4.39 Å². The molecule has 0 bridgehead atoms. The van der Waals surface area contributed by atoms with Gasteiger partial charge < -0.3 is 0 Å². The van der Waals surface area contributed by atoms with Crippen LogP contribution in [0.1, 0.15) is 22.3 Å². The Morgan fingerprint density at radius 1 is 1.06 bits per heavy atom. The number of benzene rings is 2. The number of Topliss-reactive ketones (excluding diaryl/α,β-unsaturated/α-hetero) is 1. The first kappa shape index (κ1) is 13.0. The van der Waals surface area contributed by atoms with Gasteiger partial charge in [-0.15, -0.1) is 0 Å². The fourth-order valence-corrected chi connectivity index (χ4v) is 2.24. The van der Waals surface area contributed by atoms with Gasteiger partial charge in [0.05, 0.1) is 4.47 Å². The average Bonchev–Trinajstić information content (AvgIpc) is 2.40. The third-order valence-electron chi connectivity index (χ3n) is 2.74. The van der Waals surface area contributed by atoms with E-state index in [4.69, 9.17) is 0 Å². The molecule has 0 spiro atoms. The predicted octanol–water partition coefficient (Wildman–Crippen LogP) is 4.40. The smallest absolute Gasteiger partial charge is 0.164 e. The lowest BCUT2D eigenvalue weighted by molar-refractivity contribution is 0.0981. The first-order valence-electron chi connectivity index (χ1n) is 5.69. The van der Waals surface area contributed by atoms with Crippen molar-refractivity contribution in [3.05, 3.63) is 69.9 Å². The number of carbonyl (C=O) groups is 1. The minimum absolute atomic E-state index is 0.0507. The normalized spacial score (nSPS) is 10.3. The molecule has 0 saturated heterocycles. The van der Waals surface area contributed by atoms with Crippen LogP contribution >= 0.6 is 15.9 Å². The second-order valence-corrected chi connectivity index (χ2v) is 4.80. The van der Waals surface area contributed by atoms with E-state index in [-0.39, 0.29) is 10.3 Å². The third kappa shape index (κ3) is 3.05. The molecule has 0 aliphatic carbocycles. The number of hydrogen-bond acceptors (Lipinski definition) is 1. The molecule has 1 nitrogen and oxygen atoms in total. The van der Waals surface area contributed by atoms with Crippen molar-refractivity contribution in [2.45, 2.75) is 12.8 Å². The Kier molecular flexibility index (Phi) is 4.26. The van der Waals surface area contributed by atoms with E-state index in [2.05, 4.69) is 15.9 Å². The fourth-order valence-electron chi connectivity index (χ4n) is 1.76. The second-order valence-electron chi connectivity index (χ2n) is 4.01. The molecular formula is C15H12BrFO. The minimum atomic E-state index is -0.402. The summed E-state index contributed by atoms with van der Waals surface area (Å²) in [7, 11) is 0. The lowest BCUT2D eigenvalue weighted by atomic mass is 10.0. The SMILES string of the molecule is O=C(CCc1ccccc1)c1cccc(F)c1Br. The Morgan fingerprint density at radius 3 is 2.50 bits per heavy atom. The molecule has 0 saturated carbocycles. The topological polar surface area (TPSA) is 17.1 Å². The van der Waals surface area contributed by atoms with Gasteiger partial charge in [-0.05, 0) is 34.0 Å². The van der Waals surface area contributed by atoms with Crippen LogP contribution in [-0.4, -0.2) is 5.78 Å². The molecule has 92 valence electrons. The van der Waals surface area contributed by atoms with Crippen molar-refractivity contribution in [1.82, 2.24) is 0 Å². The zero-order valence-corrected chi connectivity index (χ0v) is 11.3. The summed E-state index contributed by atoms with van der Waals surface area (Å²) in [6.07, 6.45) is 1.05. The van der Waals surface area contributed by atoms with Crippen LogP contribution in [0.25, 0.3) is 0 Å². The zero-order chi connectivity index (χ0) is 13.0. The summed E-state index contributed by atoms with van der Waals surface area (Å²) >= 11 is 3.11. The number of aryl methyl sites for hydroxylation is 1. The molecule has 0 heterocycles. The predicted molar refractivity (Wildman–Crippen MR) is 73.2 cm³/mol. The molecule has 2 aromatic rings. The maximum absolute atomic E-state index is 13.3. The molecule has 2 rings (SSSR count). The summed E-state index contributed by atoms with van der Waals surface area (Å²) in [5, 5.41) is 0. The molecule has 3 heteroatoms. The van der Waals surface area contributed by atoms with Crippen molar-refractivity contribution in [3.8, 4) is 0 Å². The number of rotatable bonds is 4. The summed E-state index contributed by atoms with van der Waals surface area (Å²) in [6, 6.07) is 14.3. The molecule has 0 atom stereocenters. The standard InChI is InChI=1S/C15H12BrFO/c16-15-12(7-4-8-13(15)17)14(18)10-9-11-5-2-1-3-6-11/h1-8H,9-10H2. The van der Waals surface area contributed by atoms with Crippen LogP contribution in [0.2, 0.25) is 0 Å². The summed E-state index contributed by atoms with van der Waals surface area (Å²) in [5.41, 5.74) is 1.52. The van der Waals surface area contributed by atoms with Gasteiger partial charge in [-0.2, -0.15) is 0 Å². The minimum Gasteiger partial charge on any atom is -0.294 e. The van der Waals surface area contributed by atoms with E-state index < -0.39 is 5.82 Å². The lowest BCUT2D eigenvalue weighted by Gasteiger charge is -2.04. The van der Waals surface area contributed by atoms with Gasteiger partial charge in [-0.25, -0.2) is 4.39 Å². The highest BCUT2D eigenvalue weighted by molar-refractivity contribution is 9.10. The molecule has 0 aliphatic heterocycles. The van der Waals surface area contributed by atoms with E-state index in [0.29, 0.717) is 18.4 Å². The molecular weight excluding hydrogens is 295 g/mol. The molecule has 0 aliphatic rings. The molecule has 0 radical (unpaired) electrons. The number of halogens is 2. The van der Waals surface area contributed by atoms with Crippen molar-refractivity contribution in [2.75, 3.05) is 0 Å². The molecule has 0 amide bonds. The van der Waals surface area contributed by atoms with Gasteiger partial charge in [0.15, 0.2) is 5.78 Å². The Bertz CT molecular complexity index is 552. The molecule has 18 heavy (non-hydrogen) atoms. The Morgan fingerprint density at radius 2 is 1.78 bits per heavy atom. The molecule has 0 aromatic heterocycles. The average molecular weight is 307 g/mol. The van der Waals surface area contributed by atoms with Gasteiger partial charge >= 0.3 is 0 Å². The Hall–Kier alpha value is -1.48. The number of hydrogen-bond donors (Lipinski definition) is 0. The van der Waals surface area contributed by atoms with Crippen LogP contribution in [0.15, 0.2) is 53.0 Å². The van der Waals surface area contributed by atoms with Crippen molar-refractivity contribution in [3.63, 3.8) is 0 Å². The van der Waals surface area contributed by atoms with E-state index in [0.717, 1.165) is 5.56 Å². The van der Waals surface area contributed by atoms with E-state index in [1.165, 1.54) is 6.07 Å². The first-order valence-corrected chi connectivity index (χ1v) is 6.49. The van der Waals surface area contributed by atoms with E-state index in [1.807, 2.05) is 30.3 Å². The van der Waals surface area contributed by atoms with Crippen LogP contribution in [0.5, 0.6) is 0 Å². The van der Waals surface area contributed by atoms with E-state index in [1.54, 1.807) is 12.1 Å². The maximum Gasteiger partial charge on any atom is 0.164 e. The van der Waals surface area contributed by atoms with Crippen molar-refractivity contribution in [2.24, 2.45) is 0 Å². The van der Waals surface area contributed by atoms with Gasteiger partial charge in [-0.3, -0.25) is 4.79 Å². The highest BCUT2D eigenvalue weighted by Gasteiger charge is 2.12. The lowest BCUT2D eigenvalue weighted by Crippen LogP contribution is -2.03. The van der Waals surface area contributed by atoms with Gasteiger partial charge in [0, 0.05) is 12.0 Å². The summed E-state index contributed by atoms with van der Waals surface area (Å²) < 4.78 is 13.6. The zero-order valence-electron chi connectivity index (χ0n) is 9.70. The van der Waals surface area contributed by atoms with Gasteiger partial charge in [0.1, 0.15) is 5.82 Å². The van der Waals surface area contributed by atoms with Crippen LogP contribution < -0.4 is 0 Å². The highest BCUT2D eigenvalue weighted by Crippen LogP contribution is 2.22. The third-order valence-corrected chi connectivity index (χ3v) is 3.54. The number of ketones is 1. The quantitative estimate of drug-likeness (QED) is 0.765. The largest absolute Gasteiger partial charge is 0.294 e. The van der Waals surface area contributed by atoms with Crippen molar-refractivity contribution < 1.29 is 9.18 Å². The molecule has 2 aromatic carbocycles. The summed E-state index contributed by atoms with van der Waals surface area (Å²) in [5.74, 6) is -0.453. The monoisotopic (exact) mass is 306 g/mol. The van der Waals surface area contributed by atoms with Gasteiger partial charge in [0.2, 0.25) is 0 Å². The van der Waals surface area contributed by atoms with Crippen LogP contribution in [0.3, 0.4) is 0 Å². The van der Waals surface area contributed by atoms with Gasteiger partial charge in [0.25, 0.3) is 0 Å². The molecule has 0 unspecified atom stereocenters. The first-order chi connectivity index (χ1) is 8.68. The molecule has 0 fully saturated rings. The van der Waals surface area contributed by atoms with Crippen LogP contribution in [-0.2, 0) is 6.42 Å². The Labute approximate surface area is 114 Å². The maximum atomic E-state index is 13.3. The van der Waals surface area contributed by atoms with E-state index in [9.17, 15) is 9.18 Å². The summed E-state index contributed by atoms with van der Waals surface area (Å²) in [6.45, 7) is 0. The number of carbonyl (C=O) groups excluding carboxylic acids is 1. The molecule has 0 N–H and O–H groups in total.